The minimum atomic E-state index is 0.249. The van der Waals surface area contributed by atoms with E-state index in [-0.39, 0.29) is 5.41 Å². The van der Waals surface area contributed by atoms with Crippen molar-refractivity contribution in [1.82, 2.24) is 0 Å². The first-order valence-electron chi connectivity index (χ1n) is 7.51. The highest BCUT2D eigenvalue weighted by Crippen LogP contribution is 2.24. The maximum Gasteiger partial charge on any atom is 0.0991 e. The average molecular weight is 287 g/mol. The zero-order valence-electron chi connectivity index (χ0n) is 13.4. The van der Waals surface area contributed by atoms with E-state index in [1.54, 1.807) is 0 Å². The van der Waals surface area contributed by atoms with Gasteiger partial charge in [-0.2, -0.15) is 5.26 Å². The van der Waals surface area contributed by atoms with Crippen LogP contribution in [0.4, 0.5) is 0 Å². The van der Waals surface area contributed by atoms with Gasteiger partial charge in [0.05, 0.1) is 11.6 Å². The van der Waals surface area contributed by atoms with Crippen molar-refractivity contribution in [2.75, 3.05) is 0 Å². The van der Waals surface area contributed by atoms with Gasteiger partial charge in [0.1, 0.15) is 0 Å². The first kappa shape index (κ1) is 15.8. The Morgan fingerprint density at radius 1 is 0.955 bits per heavy atom. The molecule has 0 fully saturated rings. The molecule has 0 saturated heterocycles. The Kier molecular flexibility index (Phi) is 4.99. The van der Waals surface area contributed by atoms with Crippen molar-refractivity contribution in [3.05, 3.63) is 83.1 Å². The Labute approximate surface area is 133 Å². The molecule has 0 saturated carbocycles. The molecular weight excluding hydrogens is 266 g/mol. The van der Waals surface area contributed by atoms with Crippen LogP contribution in [0.1, 0.15) is 43.9 Å². The van der Waals surface area contributed by atoms with Crippen molar-refractivity contribution in [3.63, 3.8) is 0 Å². The fourth-order valence-corrected chi connectivity index (χ4v) is 2.11. The SMILES string of the molecule is CC(C)(C)CC=C=C(c1ccccc1)c1ccc(C#N)cc1. The van der Waals surface area contributed by atoms with Gasteiger partial charge < -0.3 is 0 Å². The molecule has 0 bridgehead atoms. The number of nitriles is 1. The Morgan fingerprint density at radius 3 is 2.09 bits per heavy atom. The normalized spacial score (nSPS) is 10.5. The van der Waals surface area contributed by atoms with E-state index >= 15 is 0 Å². The van der Waals surface area contributed by atoms with Crippen LogP contribution < -0.4 is 0 Å². The van der Waals surface area contributed by atoms with Gasteiger partial charge in [0.2, 0.25) is 0 Å². The monoisotopic (exact) mass is 287 g/mol. The van der Waals surface area contributed by atoms with Crippen LogP contribution >= 0.6 is 0 Å². The molecular formula is C21H21N. The van der Waals surface area contributed by atoms with Crippen molar-refractivity contribution < 1.29 is 0 Å². The maximum atomic E-state index is 8.94. The van der Waals surface area contributed by atoms with Gasteiger partial charge in [-0.1, -0.05) is 63.2 Å². The Bertz CT molecular complexity index is 716. The van der Waals surface area contributed by atoms with E-state index in [9.17, 15) is 0 Å². The number of rotatable bonds is 3. The van der Waals surface area contributed by atoms with Gasteiger partial charge >= 0.3 is 0 Å². The third-order valence-electron chi connectivity index (χ3n) is 3.33. The van der Waals surface area contributed by atoms with Crippen LogP contribution in [0.15, 0.2) is 66.4 Å². The zero-order valence-corrected chi connectivity index (χ0v) is 13.4. The van der Waals surface area contributed by atoms with Crippen LogP contribution in [0.5, 0.6) is 0 Å². The molecule has 0 atom stereocenters. The molecule has 0 aliphatic rings. The minimum absolute atomic E-state index is 0.249. The van der Waals surface area contributed by atoms with Crippen molar-refractivity contribution >= 4 is 5.57 Å². The quantitative estimate of drug-likeness (QED) is 0.676. The molecule has 1 heteroatoms. The van der Waals surface area contributed by atoms with Crippen LogP contribution in [0.3, 0.4) is 0 Å². The van der Waals surface area contributed by atoms with Crippen molar-refractivity contribution in [3.8, 4) is 6.07 Å². The van der Waals surface area contributed by atoms with E-state index < -0.39 is 0 Å². The van der Waals surface area contributed by atoms with Gasteiger partial charge in [0.25, 0.3) is 0 Å². The predicted octanol–water partition coefficient (Wildman–Crippen LogP) is 5.58. The summed E-state index contributed by atoms with van der Waals surface area (Å²) in [6.07, 6.45) is 3.08. The lowest BCUT2D eigenvalue weighted by Gasteiger charge is -2.14. The van der Waals surface area contributed by atoms with Crippen LogP contribution in [-0.2, 0) is 0 Å². The fraction of sp³-hybridized carbons (Fsp3) is 0.238. The highest BCUT2D eigenvalue weighted by atomic mass is 14.2. The lowest BCUT2D eigenvalue weighted by Crippen LogP contribution is -2.01. The summed E-state index contributed by atoms with van der Waals surface area (Å²) >= 11 is 0. The molecule has 110 valence electrons. The van der Waals surface area contributed by atoms with Crippen molar-refractivity contribution in [2.24, 2.45) is 5.41 Å². The van der Waals surface area contributed by atoms with Gasteiger partial charge in [-0.05, 0) is 41.2 Å². The highest BCUT2D eigenvalue weighted by Gasteiger charge is 2.07. The average Bonchev–Trinajstić information content (AvgIpc) is 2.52. The van der Waals surface area contributed by atoms with Gasteiger partial charge in [-0.3, -0.25) is 0 Å². The summed E-state index contributed by atoms with van der Waals surface area (Å²) in [5.41, 5.74) is 7.66. The lowest BCUT2D eigenvalue weighted by molar-refractivity contribution is 0.421. The van der Waals surface area contributed by atoms with Crippen molar-refractivity contribution in [2.45, 2.75) is 27.2 Å². The number of allylic oxidation sites excluding steroid dienone is 1. The summed E-state index contributed by atoms with van der Waals surface area (Å²) in [4.78, 5) is 0. The van der Waals surface area contributed by atoms with Gasteiger partial charge in [0, 0.05) is 5.57 Å². The minimum Gasteiger partial charge on any atom is -0.192 e. The van der Waals surface area contributed by atoms with E-state index in [4.69, 9.17) is 5.26 Å². The number of hydrogen-bond donors (Lipinski definition) is 0. The number of benzene rings is 2. The zero-order chi connectivity index (χ0) is 16.0. The van der Waals surface area contributed by atoms with Gasteiger partial charge in [-0.15, -0.1) is 5.73 Å². The van der Waals surface area contributed by atoms with E-state index in [1.165, 1.54) is 0 Å². The molecule has 0 aliphatic heterocycles. The van der Waals surface area contributed by atoms with Crippen LogP contribution in [0.25, 0.3) is 5.57 Å². The Balaban J connectivity index is 2.46. The van der Waals surface area contributed by atoms with Crippen LogP contribution in [0, 0.1) is 16.7 Å². The molecule has 0 N–H and O–H groups in total. The summed E-state index contributed by atoms with van der Waals surface area (Å²) in [7, 11) is 0. The smallest absolute Gasteiger partial charge is 0.0991 e. The largest absolute Gasteiger partial charge is 0.192 e. The summed E-state index contributed by atoms with van der Waals surface area (Å²) in [5, 5.41) is 8.94. The molecule has 0 radical (unpaired) electrons. The molecule has 0 aliphatic carbocycles. The molecule has 2 aromatic carbocycles. The predicted molar refractivity (Wildman–Crippen MR) is 92.3 cm³/mol. The third kappa shape index (κ3) is 4.48. The summed E-state index contributed by atoms with van der Waals surface area (Å²) in [6.45, 7) is 6.65. The molecule has 1 nitrogen and oxygen atoms in total. The summed E-state index contributed by atoms with van der Waals surface area (Å²) < 4.78 is 0. The van der Waals surface area contributed by atoms with Crippen molar-refractivity contribution in [1.29, 1.82) is 5.26 Å². The van der Waals surface area contributed by atoms with E-state index in [0.717, 1.165) is 23.1 Å². The third-order valence-corrected chi connectivity index (χ3v) is 3.33. The topological polar surface area (TPSA) is 23.8 Å². The highest BCUT2D eigenvalue weighted by molar-refractivity contribution is 5.79. The molecule has 0 heterocycles. The summed E-state index contributed by atoms with van der Waals surface area (Å²) in [6, 6.07) is 20.1. The number of nitrogens with zero attached hydrogens (tertiary/aromatic N) is 1. The Morgan fingerprint density at radius 2 is 1.55 bits per heavy atom. The molecule has 22 heavy (non-hydrogen) atoms. The second kappa shape index (κ2) is 6.94. The van der Waals surface area contributed by atoms with E-state index in [2.05, 4.69) is 50.8 Å². The first-order chi connectivity index (χ1) is 10.5. The van der Waals surface area contributed by atoms with Gasteiger partial charge in [0.15, 0.2) is 0 Å². The maximum absolute atomic E-state index is 8.94. The molecule has 0 aromatic heterocycles. The fourth-order valence-electron chi connectivity index (χ4n) is 2.11. The lowest BCUT2D eigenvalue weighted by atomic mass is 9.91. The summed E-state index contributed by atoms with van der Waals surface area (Å²) in [5.74, 6) is 0. The molecule has 0 spiro atoms. The number of hydrogen-bond acceptors (Lipinski definition) is 1. The second-order valence-corrected chi connectivity index (χ2v) is 6.54. The van der Waals surface area contributed by atoms with Crippen LogP contribution in [0.2, 0.25) is 0 Å². The van der Waals surface area contributed by atoms with Crippen LogP contribution in [-0.4, -0.2) is 0 Å². The molecule has 0 amide bonds. The second-order valence-electron chi connectivity index (χ2n) is 6.54. The van der Waals surface area contributed by atoms with E-state index in [1.807, 2.05) is 42.5 Å². The van der Waals surface area contributed by atoms with Gasteiger partial charge in [-0.25, -0.2) is 0 Å². The molecule has 0 unspecified atom stereocenters. The Hall–Kier alpha value is -2.55. The van der Waals surface area contributed by atoms with E-state index in [0.29, 0.717) is 5.56 Å². The standard InChI is InChI=1S/C21H21N/c1-21(2,3)15-7-10-20(18-8-5-4-6-9-18)19-13-11-17(16-22)12-14-19/h4-9,11-14H,15H2,1-3H3. The molecule has 2 aromatic rings. The first-order valence-corrected chi connectivity index (χ1v) is 7.51. The molecule has 2 rings (SSSR count).